The van der Waals surface area contributed by atoms with Crippen molar-refractivity contribution in [2.75, 3.05) is 33.1 Å². The molecular formula is C12H18N2O5. The number of anilines is 1. The summed E-state index contributed by atoms with van der Waals surface area (Å²) < 4.78 is 10.1. The molecule has 1 unspecified atom stereocenters. The second kappa shape index (κ2) is 6.81. The maximum absolute atomic E-state index is 11.9. The Hall–Kier alpha value is -1.99. The Kier molecular flexibility index (Phi) is 5.40. The van der Waals surface area contributed by atoms with Crippen molar-refractivity contribution in [2.24, 2.45) is 0 Å². The minimum Gasteiger partial charge on any atom is -0.493 e. The van der Waals surface area contributed by atoms with Crippen LogP contribution in [0.25, 0.3) is 0 Å². The Morgan fingerprint density at radius 2 is 1.95 bits per heavy atom. The highest BCUT2D eigenvalue weighted by Crippen LogP contribution is 2.31. The molecule has 1 aromatic carbocycles. The number of methoxy groups -OCH3 is 2. The number of amides is 1. The van der Waals surface area contributed by atoms with E-state index in [-0.39, 0.29) is 17.8 Å². The number of nitrogens with one attached hydrogen (secondary N) is 1. The highest BCUT2D eigenvalue weighted by Gasteiger charge is 2.15. The lowest BCUT2D eigenvalue weighted by Crippen LogP contribution is -2.34. The second-order valence-corrected chi connectivity index (χ2v) is 3.84. The van der Waals surface area contributed by atoms with Gasteiger partial charge in [0.1, 0.15) is 0 Å². The molecule has 1 rings (SSSR count). The van der Waals surface area contributed by atoms with Gasteiger partial charge < -0.3 is 30.7 Å². The standard InChI is InChI=1S/C12H18N2O5/c1-18-10-3-8(9(13)4-11(10)19-2)12(17)14-5-7(16)6-15/h3-4,7,15-16H,5-6,13H2,1-2H3,(H,14,17). The summed E-state index contributed by atoms with van der Waals surface area (Å²) in [5.41, 5.74) is 6.19. The predicted molar refractivity (Wildman–Crippen MR) is 69.4 cm³/mol. The van der Waals surface area contributed by atoms with Gasteiger partial charge >= 0.3 is 0 Å². The minimum absolute atomic E-state index is 0.0664. The number of rotatable bonds is 6. The molecule has 5 N–H and O–H groups in total. The van der Waals surface area contributed by atoms with Crippen LogP contribution >= 0.6 is 0 Å². The Labute approximate surface area is 110 Å². The number of hydrogen-bond acceptors (Lipinski definition) is 6. The lowest BCUT2D eigenvalue weighted by atomic mass is 10.1. The molecule has 1 atom stereocenters. The first-order valence-corrected chi connectivity index (χ1v) is 5.62. The number of aliphatic hydroxyl groups excluding tert-OH is 2. The van der Waals surface area contributed by atoms with Crippen molar-refractivity contribution < 1.29 is 24.5 Å². The fourth-order valence-electron chi connectivity index (χ4n) is 1.46. The molecule has 0 saturated heterocycles. The first-order valence-electron chi connectivity index (χ1n) is 5.62. The number of nitrogens with two attached hydrogens (primary N) is 1. The zero-order valence-corrected chi connectivity index (χ0v) is 10.8. The zero-order valence-electron chi connectivity index (χ0n) is 10.8. The number of aliphatic hydroxyl groups is 2. The van der Waals surface area contributed by atoms with Crippen LogP contribution in [0.4, 0.5) is 5.69 Å². The normalized spacial score (nSPS) is 11.8. The molecule has 1 amide bonds. The van der Waals surface area contributed by atoms with E-state index in [9.17, 15) is 4.79 Å². The third-order valence-corrected chi connectivity index (χ3v) is 2.51. The van der Waals surface area contributed by atoms with Crippen LogP contribution in [0.15, 0.2) is 12.1 Å². The molecule has 0 aliphatic carbocycles. The fourth-order valence-corrected chi connectivity index (χ4v) is 1.46. The quantitative estimate of drug-likeness (QED) is 0.512. The van der Waals surface area contributed by atoms with Crippen LogP contribution in [0, 0.1) is 0 Å². The minimum atomic E-state index is -1.01. The van der Waals surface area contributed by atoms with E-state index in [1.807, 2.05) is 0 Å². The highest BCUT2D eigenvalue weighted by molar-refractivity contribution is 6.00. The Bertz CT molecular complexity index is 450. The summed E-state index contributed by atoms with van der Waals surface area (Å²) in [6, 6.07) is 2.94. The van der Waals surface area contributed by atoms with Crippen LogP contribution in [0.2, 0.25) is 0 Å². The van der Waals surface area contributed by atoms with Gasteiger partial charge in [0.25, 0.3) is 5.91 Å². The number of carbonyl (C=O) groups is 1. The van der Waals surface area contributed by atoms with Gasteiger partial charge in [-0.05, 0) is 6.07 Å². The molecule has 0 aliphatic rings. The summed E-state index contributed by atoms with van der Waals surface area (Å²) in [7, 11) is 2.92. The molecule has 7 heteroatoms. The lowest BCUT2D eigenvalue weighted by molar-refractivity contribution is 0.0802. The molecule has 0 saturated carbocycles. The van der Waals surface area contributed by atoms with Gasteiger partial charge in [0.05, 0.1) is 32.5 Å². The van der Waals surface area contributed by atoms with E-state index in [1.54, 1.807) is 0 Å². The molecule has 7 nitrogen and oxygen atoms in total. The molecule has 0 aromatic heterocycles. The number of hydrogen-bond donors (Lipinski definition) is 4. The summed E-state index contributed by atoms with van der Waals surface area (Å²) in [5, 5.41) is 20.3. The van der Waals surface area contributed by atoms with Crippen molar-refractivity contribution in [3.05, 3.63) is 17.7 Å². The molecular weight excluding hydrogens is 252 g/mol. The molecule has 0 spiro atoms. The topological polar surface area (TPSA) is 114 Å². The number of nitrogen functional groups attached to an aromatic ring is 1. The molecule has 1 aromatic rings. The van der Waals surface area contributed by atoms with Gasteiger partial charge in [0, 0.05) is 18.3 Å². The highest BCUT2D eigenvalue weighted by atomic mass is 16.5. The monoisotopic (exact) mass is 270 g/mol. The smallest absolute Gasteiger partial charge is 0.253 e. The predicted octanol–water partition coefficient (Wildman–Crippen LogP) is -0.631. The van der Waals surface area contributed by atoms with Crippen LogP contribution < -0.4 is 20.5 Å². The van der Waals surface area contributed by atoms with Crippen molar-refractivity contribution in [3.8, 4) is 11.5 Å². The van der Waals surface area contributed by atoms with Crippen LogP contribution in [-0.4, -0.2) is 49.6 Å². The van der Waals surface area contributed by atoms with Crippen LogP contribution in [0.1, 0.15) is 10.4 Å². The van der Waals surface area contributed by atoms with Crippen molar-refractivity contribution in [3.63, 3.8) is 0 Å². The number of benzene rings is 1. The van der Waals surface area contributed by atoms with E-state index in [1.165, 1.54) is 26.4 Å². The van der Waals surface area contributed by atoms with Crippen molar-refractivity contribution in [1.29, 1.82) is 0 Å². The molecule has 0 aliphatic heterocycles. The van der Waals surface area contributed by atoms with Gasteiger partial charge in [-0.25, -0.2) is 0 Å². The maximum Gasteiger partial charge on any atom is 0.253 e. The fraction of sp³-hybridized carbons (Fsp3) is 0.417. The van der Waals surface area contributed by atoms with Crippen molar-refractivity contribution in [1.82, 2.24) is 5.32 Å². The first kappa shape index (κ1) is 15.1. The van der Waals surface area contributed by atoms with E-state index in [0.29, 0.717) is 11.5 Å². The molecule has 106 valence electrons. The number of ether oxygens (including phenoxy) is 2. The van der Waals surface area contributed by atoms with Gasteiger partial charge in [-0.3, -0.25) is 4.79 Å². The molecule has 0 bridgehead atoms. The van der Waals surface area contributed by atoms with Gasteiger partial charge in [0.15, 0.2) is 11.5 Å². The zero-order chi connectivity index (χ0) is 14.4. The van der Waals surface area contributed by atoms with Crippen molar-refractivity contribution >= 4 is 11.6 Å². The summed E-state index contributed by atoms with van der Waals surface area (Å²) >= 11 is 0. The molecule has 0 heterocycles. The van der Waals surface area contributed by atoms with E-state index in [2.05, 4.69) is 5.32 Å². The Morgan fingerprint density at radius 1 is 1.37 bits per heavy atom. The SMILES string of the molecule is COc1cc(N)c(C(=O)NCC(O)CO)cc1OC. The van der Waals surface area contributed by atoms with Crippen LogP contribution in [-0.2, 0) is 0 Å². The average molecular weight is 270 g/mol. The first-order chi connectivity index (χ1) is 9.03. The van der Waals surface area contributed by atoms with Gasteiger partial charge in [0.2, 0.25) is 0 Å². The van der Waals surface area contributed by atoms with Crippen LogP contribution in [0.5, 0.6) is 11.5 Å². The number of carbonyl (C=O) groups excluding carboxylic acids is 1. The van der Waals surface area contributed by atoms with E-state index < -0.39 is 18.6 Å². The Morgan fingerprint density at radius 3 is 2.47 bits per heavy atom. The molecule has 0 fully saturated rings. The largest absolute Gasteiger partial charge is 0.493 e. The average Bonchev–Trinajstić information content (AvgIpc) is 2.43. The van der Waals surface area contributed by atoms with Crippen molar-refractivity contribution in [2.45, 2.75) is 6.10 Å². The summed E-state index contributed by atoms with van der Waals surface area (Å²) in [6.45, 7) is -0.495. The summed E-state index contributed by atoms with van der Waals surface area (Å²) in [4.78, 5) is 11.9. The lowest BCUT2D eigenvalue weighted by Gasteiger charge is -2.13. The Balaban J connectivity index is 2.90. The van der Waals surface area contributed by atoms with Gasteiger partial charge in [-0.15, -0.1) is 0 Å². The molecule has 0 radical (unpaired) electrons. The summed E-state index contributed by atoms with van der Waals surface area (Å²) in [6.07, 6.45) is -1.01. The third kappa shape index (κ3) is 3.73. The van der Waals surface area contributed by atoms with Gasteiger partial charge in [-0.1, -0.05) is 0 Å². The second-order valence-electron chi connectivity index (χ2n) is 3.84. The van der Waals surface area contributed by atoms with Gasteiger partial charge in [-0.2, -0.15) is 0 Å². The maximum atomic E-state index is 11.9. The van der Waals surface area contributed by atoms with E-state index >= 15 is 0 Å². The van der Waals surface area contributed by atoms with E-state index in [4.69, 9.17) is 25.4 Å². The summed E-state index contributed by atoms with van der Waals surface area (Å²) in [5.74, 6) is 0.336. The van der Waals surface area contributed by atoms with Crippen LogP contribution in [0.3, 0.4) is 0 Å². The third-order valence-electron chi connectivity index (χ3n) is 2.51. The molecule has 19 heavy (non-hydrogen) atoms. The van der Waals surface area contributed by atoms with E-state index in [0.717, 1.165) is 0 Å².